The molecule has 26 heavy (non-hydrogen) atoms. The minimum absolute atomic E-state index is 0.112. The minimum atomic E-state index is -0.112. The second kappa shape index (κ2) is 7.15. The normalized spacial score (nSPS) is 11.3. The summed E-state index contributed by atoms with van der Waals surface area (Å²) in [5.74, 6) is 1.42. The SMILES string of the molecule is Cc1nn(C(C)C)c(C)c1NC(=O)CCc1nnc(-c2ccoc2C)o1. The van der Waals surface area contributed by atoms with E-state index in [0.717, 1.165) is 22.6 Å². The fourth-order valence-electron chi connectivity index (χ4n) is 2.84. The molecule has 0 aromatic carbocycles. The Labute approximate surface area is 151 Å². The van der Waals surface area contributed by atoms with Crippen molar-refractivity contribution in [3.63, 3.8) is 0 Å². The molecule has 0 aliphatic carbocycles. The first-order valence-electron chi connectivity index (χ1n) is 8.59. The molecule has 0 fully saturated rings. The Balaban J connectivity index is 1.62. The quantitative estimate of drug-likeness (QED) is 0.723. The van der Waals surface area contributed by atoms with Crippen LogP contribution in [0.1, 0.15) is 49.3 Å². The number of carbonyl (C=O) groups is 1. The van der Waals surface area contributed by atoms with Crippen LogP contribution >= 0.6 is 0 Å². The third-order valence-electron chi connectivity index (χ3n) is 4.20. The van der Waals surface area contributed by atoms with Gasteiger partial charge < -0.3 is 14.2 Å². The zero-order valence-corrected chi connectivity index (χ0v) is 15.7. The predicted molar refractivity (Wildman–Crippen MR) is 95.8 cm³/mol. The lowest BCUT2D eigenvalue weighted by Gasteiger charge is -2.09. The van der Waals surface area contributed by atoms with Crippen LogP contribution in [0.4, 0.5) is 5.69 Å². The smallest absolute Gasteiger partial charge is 0.251 e. The number of carbonyl (C=O) groups excluding carboxylic acids is 1. The molecule has 1 N–H and O–H groups in total. The summed E-state index contributed by atoms with van der Waals surface area (Å²) in [6, 6.07) is 2.01. The van der Waals surface area contributed by atoms with Crippen molar-refractivity contribution in [2.75, 3.05) is 5.32 Å². The molecule has 0 radical (unpaired) electrons. The molecule has 0 aliphatic heterocycles. The first-order chi connectivity index (χ1) is 12.4. The van der Waals surface area contributed by atoms with E-state index in [2.05, 4.69) is 34.5 Å². The average molecular weight is 357 g/mol. The summed E-state index contributed by atoms with van der Waals surface area (Å²) < 4.78 is 12.8. The molecule has 8 heteroatoms. The van der Waals surface area contributed by atoms with Crippen molar-refractivity contribution < 1.29 is 13.6 Å². The van der Waals surface area contributed by atoms with Gasteiger partial charge in [0.15, 0.2) is 0 Å². The highest BCUT2D eigenvalue weighted by Crippen LogP contribution is 2.24. The van der Waals surface area contributed by atoms with E-state index in [1.807, 2.05) is 25.5 Å². The highest BCUT2D eigenvalue weighted by molar-refractivity contribution is 5.92. The monoisotopic (exact) mass is 357 g/mol. The Kier molecular flexibility index (Phi) is 4.92. The lowest BCUT2D eigenvalue weighted by Crippen LogP contribution is -2.14. The highest BCUT2D eigenvalue weighted by atomic mass is 16.4. The molecule has 8 nitrogen and oxygen atoms in total. The molecule has 0 bridgehead atoms. The van der Waals surface area contributed by atoms with Crippen molar-refractivity contribution in [2.24, 2.45) is 0 Å². The molecule has 0 atom stereocenters. The van der Waals surface area contributed by atoms with E-state index in [1.54, 1.807) is 12.3 Å². The Morgan fingerprint density at radius 3 is 2.65 bits per heavy atom. The number of aryl methyl sites for hydroxylation is 3. The maximum atomic E-state index is 12.3. The van der Waals surface area contributed by atoms with Gasteiger partial charge in [-0.2, -0.15) is 5.10 Å². The van der Waals surface area contributed by atoms with Crippen molar-refractivity contribution in [2.45, 2.75) is 53.5 Å². The summed E-state index contributed by atoms with van der Waals surface area (Å²) in [6.07, 6.45) is 2.19. The first kappa shape index (κ1) is 17.9. The van der Waals surface area contributed by atoms with E-state index >= 15 is 0 Å². The molecule has 0 aliphatic rings. The van der Waals surface area contributed by atoms with Gasteiger partial charge >= 0.3 is 0 Å². The van der Waals surface area contributed by atoms with Gasteiger partial charge in [-0.15, -0.1) is 10.2 Å². The van der Waals surface area contributed by atoms with E-state index in [-0.39, 0.29) is 18.4 Å². The zero-order chi connectivity index (χ0) is 18.8. The first-order valence-corrected chi connectivity index (χ1v) is 8.59. The van der Waals surface area contributed by atoms with Crippen LogP contribution < -0.4 is 5.32 Å². The predicted octanol–water partition coefficient (Wildman–Crippen LogP) is 3.60. The number of rotatable bonds is 6. The molecule has 1 amide bonds. The zero-order valence-electron chi connectivity index (χ0n) is 15.7. The number of hydrogen-bond acceptors (Lipinski definition) is 6. The van der Waals surface area contributed by atoms with Crippen molar-refractivity contribution >= 4 is 11.6 Å². The Morgan fingerprint density at radius 1 is 1.27 bits per heavy atom. The van der Waals surface area contributed by atoms with E-state index in [1.165, 1.54) is 0 Å². The van der Waals surface area contributed by atoms with Crippen molar-refractivity contribution in [1.82, 2.24) is 20.0 Å². The third kappa shape index (κ3) is 3.54. The summed E-state index contributed by atoms with van der Waals surface area (Å²) >= 11 is 0. The van der Waals surface area contributed by atoms with Crippen LogP contribution in [0.5, 0.6) is 0 Å². The van der Waals surface area contributed by atoms with Gasteiger partial charge in [0, 0.05) is 18.9 Å². The van der Waals surface area contributed by atoms with Crippen LogP contribution in [0.3, 0.4) is 0 Å². The van der Waals surface area contributed by atoms with Crippen LogP contribution in [-0.2, 0) is 11.2 Å². The van der Waals surface area contributed by atoms with Crippen molar-refractivity contribution in [1.29, 1.82) is 0 Å². The van der Waals surface area contributed by atoms with Crippen molar-refractivity contribution in [3.05, 3.63) is 35.4 Å². The summed E-state index contributed by atoms with van der Waals surface area (Å²) in [5, 5.41) is 15.4. The van der Waals surface area contributed by atoms with Gasteiger partial charge in [-0.3, -0.25) is 9.48 Å². The lowest BCUT2D eigenvalue weighted by atomic mass is 10.2. The summed E-state index contributed by atoms with van der Waals surface area (Å²) in [7, 11) is 0. The number of nitrogens with zero attached hydrogens (tertiary/aromatic N) is 4. The van der Waals surface area contributed by atoms with Crippen LogP contribution in [0.2, 0.25) is 0 Å². The van der Waals surface area contributed by atoms with Crippen LogP contribution in [0, 0.1) is 20.8 Å². The molecule has 0 saturated heterocycles. The summed E-state index contributed by atoms with van der Waals surface area (Å²) in [6.45, 7) is 9.78. The van der Waals surface area contributed by atoms with Gasteiger partial charge in [0.05, 0.1) is 28.9 Å². The number of hydrogen-bond donors (Lipinski definition) is 1. The Bertz CT molecular complexity index is 919. The fraction of sp³-hybridized carbons (Fsp3) is 0.444. The maximum Gasteiger partial charge on any atom is 0.251 e. The van der Waals surface area contributed by atoms with E-state index in [4.69, 9.17) is 8.83 Å². The summed E-state index contributed by atoms with van der Waals surface area (Å²) in [4.78, 5) is 12.3. The molecule has 3 aromatic heterocycles. The maximum absolute atomic E-state index is 12.3. The molecular weight excluding hydrogens is 334 g/mol. The van der Waals surface area contributed by atoms with E-state index < -0.39 is 0 Å². The van der Waals surface area contributed by atoms with Crippen LogP contribution in [0.25, 0.3) is 11.5 Å². The Morgan fingerprint density at radius 2 is 2.04 bits per heavy atom. The number of aromatic nitrogens is 4. The topological polar surface area (TPSA) is 99.0 Å². The van der Waals surface area contributed by atoms with Gasteiger partial charge in [0.2, 0.25) is 11.8 Å². The fourth-order valence-corrected chi connectivity index (χ4v) is 2.84. The van der Waals surface area contributed by atoms with Gasteiger partial charge in [-0.1, -0.05) is 0 Å². The minimum Gasteiger partial charge on any atom is -0.469 e. The lowest BCUT2D eigenvalue weighted by molar-refractivity contribution is -0.116. The van der Waals surface area contributed by atoms with E-state index in [0.29, 0.717) is 24.0 Å². The molecule has 3 rings (SSSR count). The third-order valence-corrected chi connectivity index (χ3v) is 4.20. The number of nitrogens with one attached hydrogen (secondary N) is 1. The average Bonchev–Trinajstić information content (AvgIpc) is 3.28. The molecule has 138 valence electrons. The number of anilines is 1. The highest BCUT2D eigenvalue weighted by Gasteiger charge is 2.17. The summed E-state index contributed by atoms with van der Waals surface area (Å²) in [5.41, 5.74) is 3.28. The molecule has 0 saturated carbocycles. The second-order valence-electron chi connectivity index (χ2n) is 6.52. The molecular formula is C18H23N5O3. The van der Waals surface area contributed by atoms with Gasteiger partial charge in [-0.05, 0) is 40.7 Å². The molecule has 0 unspecified atom stereocenters. The van der Waals surface area contributed by atoms with Gasteiger partial charge in [0.25, 0.3) is 5.89 Å². The second-order valence-corrected chi connectivity index (χ2v) is 6.52. The van der Waals surface area contributed by atoms with Crippen LogP contribution in [0.15, 0.2) is 21.2 Å². The van der Waals surface area contributed by atoms with E-state index in [9.17, 15) is 4.79 Å². The largest absolute Gasteiger partial charge is 0.469 e. The van der Waals surface area contributed by atoms with Gasteiger partial charge in [0.1, 0.15) is 5.76 Å². The van der Waals surface area contributed by atoms with Gasteiger partial charge in [-0.25, -0.2) is 0 Å². The van der Waals surface area contributed by atoms with Crippen molar-refractivity contribution in [3.8, 4) is 11.5 Å². The molecule has 3 heterocycles. The number of amides is 1. The number of furan rings is 1. The molecule has 0 spiro atoms. The Hall–Kier alpha value is -2.90. The van der Waals surface area contributed by atoms with Crippen LogP contribution in [-0.4, -0.2) is 25.9 Å². The standard InChI is InChI=1S/C18H23N5O3/c1-10(2)23-12(4)17(11(3)22-23)19-15(24)6-7-16-20-21-18(26-16)14-8-9-25-13(14)5/h8-10H,6-7H2,1-5H3,(H,19,24). The molecule has 3 aromatic rings.